The summed E-state index contributed by atoms with van der Waals surface area (Å²) in [6.07, 6.45) is 0. The topological polar surface area (TPSA) is 61.8 Å². The van der Waals surface area contributed by atoms with E-state index in [1.54, 1.807) is 25.5 Å². The SMILES string of the molecule is CN=C(NCc1csc(N(C)C)n1)NCc1cc(Br)ccc1OC. The number of methoxy groups -OCH3 is 1. The van der Waals surface area contributed by atoms with Crippen LogP contribution in [0.5, 0.6) is 5.75 Å². The Bertz CT molecular complexity index is 702. The molecule has 0 amide bonds. The number of hydrogen-bond acceptors (Lipinski definition) is 5. The van der Waals surface area contributed by atoms with Crippen molar-refractivity contribution >= 4 is 38.4 Å². The Kier molecular flexibility index (Phi) is 6.86. The first-order valence-corrected chi connectivity index (χ1v) is 9.09. The van der Waals surface area contributed by atoms with Gasteiger partial charge in [-0.3, -0.25) is 4.99 Å². The molecule has 0 saturated heterocycles. The second-order valence-corrected chi connectivity index (χ2v) is 7.00. The quantitative estimate of drug-likeness (QED) is 0.565. The smallest absolute Gasteiger partial charge is 0.191 e. The van der Waals surface area contributed by atoms with Gasteiger partial charge in [0.25, 0.3) is 0 Å². The number of rotatable bonds is 6. The van der Waals surface area contributed by atoms with Crippen molar-refractivity contribution in [3.8, 4) is 5.75 Å². The summed E-state index contributed by atoms with van der Waals surface area (Å²) in [7, 11) is 7.40. The minimum atomic E-state index is 0.613. The van der Waals surface area contributed by atoms with E-state index in [-0.39, 0.29) is 0 Å². The molecule has 0 spiro atoms. The summed E-state index contributed by atoms with van der Waals surface area (Å²) in [6.45, 7) is 1.24. The van der Waals surface area contributed by atoms with Gasteiger partial charge in [-0.05, 0) is 18.2 Å². The van der Waals surface area contributed by atoms with E-state index in [4.69, 9.17) is 4.74 Å². The van der Waals surface area contributed by atoms with Gasteiger partial charge in [0.1, 0.15) is 5.75 Å². The fraction of sp³-hybridized carbons (Fsp3) is 0.375. The molecule has 0 radical (unpaired) electrons. The molecule has 8 heteroatoms. The molecule has 0 aliphatic carbocycles. The summed E-state index contributed by atoms with van der Waals surface area (Å²) in [5.41, 5.74) is 2.05. The van der Waals surface area contributed by atoms with Crippen LogP contribution in [0, 0.1) is 0 Å². The highest BCUT2D eigenvalue weighted by molar-refractivity contribution is 9.10. The van der Waals surface area contributed by atoms with Crippen LogP contribution in [0.15, 0.2) is 33.0 Å². The molecule has 0 saturated carbocycles. The van der Waals surface area contributed by atoms with Crippen LogP contribution in [0.1, 0.15) is 11.3 Å². The normalized spacial score (nSPS) is 11.3. The molecule has 2 N–H and O–H groups in total. The third-order valence-corrected chi connectivity index (χ3v) is 4.82. The fourth-order valence-electron chi connectivity index (χ4n) is 2.04. The molecule has 1 heterocycles. The number of benzene rings is 1. The van der Waals surface area contributed by atoms with E-state index >= 15 is 0 Å². The highest BCUT2D eigenvalue weighted by Gasteiger charge is 2.07. The van der Waals surface area contributed by atoms with Crippen molar-refractivity contribution in [2.24, 2.45) is 4.99 Å². The number of anilines is 1. The first-order valence-electron chi connectivity index (χ1n) is 7.42. The van der Waals surface area contributed by atoms with Crippen LogP contribution in [0.4, 0.5) is 5.13 Å². The number of halogens is 1. The van der Waals surface area contributed by atoms with Gasteiger partial charge in [-0.2, -0.15) is 0 Å². The molecule has 1 aromatic heterocycles. The van der Waals surface area contributed by atoms with Crippen LogP contribution in [0.3, 0.4) is 0 Å². The highest BCUT2D eigenvalue weighted by atomic mass is 79.9. The zero-order valence-electron chi connectivity index (χ0n) is 14.3. The summed E-state index contributed by atoms with van der Waals surface area (Å²) in [6, 6.07) is 5.93. The average Bonchev–Trinajstić information content (AvgIpc) is 3.04. The number of hydrogen-bond donors (Lipinski definition) is 2. The van der Waals surface area contributed by atoms with E-state index in [9.17, 15) is 0 Å². The number of nitrogens with one attached hydrogen (secondary N) is 2. The molecule has 0 atom stereocenters. The second kappa shape index (κ2) is 8.89. The number of aliphatic imine (C=N–C) groups is 1. The number of ether oxygens (including phenoxy) is 1. The molecule has 0 aliphatic rings. The second-order valence-electron chi connectivity index (χ2n) is 5.25. The molecular formula is C16H22BrN5OS. The predicted octanol–water partition coefficient (Wildman–Crippen LogP) is 2.85. The summed E-state index contributed by atoms with van der Waals surface area (Å²) in [4.78, 5) is 10.8. The third-order valence-electron chi connectivity index (χ3n) is 3.27. The van der Waals surface area contributed by atoms with Gasteiger partial charge in [0.15, 0.2) is 11.1 Å². The van der Waals surface area contributed by atoms with Crippen LogP contribution in [0.2, 0.25) is 0 Å². The zero-order valence-corrected chi connectivity index (χ0v) is 16.7. The Hall–Kier alpha value is -1.80. The van der Waals surface area contributed by atoms with E-state index in [0.29, 0.717) is 13.1 Å². The first kappa shape index (κ1) is 18.5. The van der Waals surface area contributed by atoms with E-state index in [0.717, 1.165) is 32.6 Å². The summed E-state index contributed by atoms with van der Waals surface area (Å²) >= 11 is 5.11. The molecule has 6 nitrogen and oxygen atoms in total. The highest BCUT2D eigenvalue weighted by Crippen LogP contribution is 2.22. The van der Waals surface area contributed by atoms with Crippen molar-refractivity contribution in [2.45, 2.75) is 13.1 Å². The molecule has 0 bridgehead atoms. The van der Waals surface area contributed by atoms with Gasteiger partial charge < -0.3 is 20.3 Å². The predicted molar refractivity (Wildman–Crippen MR) is 104 cm³/mol. The minimum absolute atomic E-state index is 0.613. The lowest BCUT2D eigenvalue weighted by molar-refractivity contribution is 0.409. The maximum Gasteiger partial charge on any atom is 0.191 e. The molecule has 0 fully saturated rings. The summed E-state index contributed by atoms with van der Waals surface area (Å²) in [5.74, 6) is 1.56. The molecule has 24 heavy (non-hydrogen) atoms. The van der Waals surface area contributed by atoms with E-state index in [2.05, 4.69) is 36.5 Å². The molecule has 2 aromatic rings. The monoisotopic (exact) mass is 411 g/mol. The number of nitrogens with zero attached hydrogens (tertiary/aromatic N) is 3. The van der Waals surface area contributed by atoms with Crippen molar-refractivity contribution in [1.29, 1.82) is 0 Å². The van der Waals surface area contributed by atoms with Crippen molar-refractivity contribution in [3.05, 3.63) is 39.3 Å². The Labute approximate surface area is 155 Å². The molecule has 0 aliphatic heterocycles. The summed E-state index contributed by atoms with van der Waals surface area (Å²) < 4.78 is 6.40. The van der Waals surface area contributed by atoms with Crippen molar-refractivity contribution in [2.75, 3.05) is 33.2 Å². The van der Waals surface area contributed by atoms with Gasteiger partial charge in [0.2, 0.25) is 0 Å². The average molecular weight is 412 g/mol. The van der Waals surface area contributed by atoms with Gasteiger partial charge in [-0.15, -0.1) is 11.3 Å². The molecule has 0 unspecified atom stereocenters. The number of aromatic nitrogens is 1. The Balaban J connectivity index is 1.92. The fourth-order valence-corrected chi connectivity index (χ4v) is 3.21. The molecule has 1 aromatic carbocycles. The molecule has 130 valence electrons. The molecular weight excluding hydrogens is 390 g/mol. The maximum atomic E-state index is 5.39. The zero-order chi connectivity index (χ0) is 17.5. The Morgan fingerprint density at radius 3 is 2.71 bits per heavy atom. The van der Waals surface area contributed by atoms with E-state index < -0.39 is 0 Å². The summed E-state index contributed by atoms with van der Waals surface area (Å²) in [5, 5.41) is 9.61. The third kappa shape index (κ3) is 5.10. The van der Waals surface area contributed by atoms with Crippen molar-refractivity contribution in [3.63, 3.8) is 0 Å². The lowest BCUT2D eigenvalue weighted by Crippen LogP contribution is -2.36. The van der Waals surface area contributed by atoms with Gasteiger partial charge in [0.05, 0.1) is 19.3 Å². The minimum Gasteiger partial charge on any atom is -0.496 e. The van der Waals surface area contributed by atoms with Gasteiger partial charge in [-0.25, -0.2) is 4.98 Å². The van der Waals surface area contributed by atoms with E-state index in [1.165, 1.54) is 0 Å². The van der Waals surface area contributed by atoms with Crippen LogP contribution in [0.25, 0.3) is 0 Å². The first-order chi connectivity index (χ1) is 11.5. The maximum absolute atomic E-state index is 5.39. The molecule has 2 rings (SSSR count). The van der Waals surface area contributed by atoms with Crippen LogP contribution >= 0.6 is 27.3 Å². The van der Waals surface area contributed by atoms with Gasteiger partial charge in [-0.1, -0.05) is 15.9 Å². The largest absolute Gasteiger partial charge is 0.496 e. The Morgan fingerprint density at radius 2 is 2.08 bits per heavy atom. The Morgan fingerprint density at radius 1 is 1.33 bits per heavy atom. The van der Waals surface area contributed by atoms with Crippen LogP contribution in [-0.4, -0.2) is 39.2 Å². The van der Waals surface area contributed by atoms with Crippen molar-refractivity contribution < 1.29 is 4.74 Å². The number of guanidine groups is 1. The van der Waals surface area contributed by atoms with Crippen LogP contribution in [-0.2, 0) is 13.1 Å². The van der Waals surface area contributed by atoms with Gasteiger partial charge >= 0.3 is 0 Å². The van der Waals surface area contributed by atoms with E-state index in [1.807, 2.05) is 42.6 Å². The lowest BCUT2D eigenvalue weighted by Gasteiger charge is -2.13. The lowest BCUT2D eigenvalue weighted by atomic mass is 10.2. The van der Waals surface area contributed by atoms with Crippen LogP contribution < -0.4 is 20.3 Å². The standard InChI is InChI=1S/C16H22BrN5OS/c1-18-15(20-9-13-10-24-16(21-13)22(2)3)19-8-11-7-12(17)5-6-14(11)23-4/h5-7,10H,8-9H2,1-4H3,(H2,18,19,20). The van der Waals surface area contributed by atoms with Gasteiger partial charge in [0, 0.05) is 43.1 Å². The number of thiazole rings is 1. The van der Waals surface area contributed by atoms with Crippen molar-refractivity contribution in [1.82, 2.24) is 15.6 Å².